The third-order valence-electron chi connectivity index (χ3n) is 5.59. The highest BCUT2D eigenvalue weighted by Crippen LogP contribution is 2.46. The minimum absolute atomic E-state index is 0.0179. The van der Waals surface area contributed by atoms with Crippen molar-refractivity contribution in [3.63, 3.8) is 0 Å². The molecule has 2 aliphatic rings. The van der Waals surface area contributed by atoms with Gasteiger partial charge in [0, 0.05) is 37.0 Å². The second-order valence-corrected chi connectivity index (χ2v) is 8.10. The molecule has 0 spiro atoms. The first-order valence-electron chi connectivity index (χ1n) is 9.61. The minimum atomic E-state index is -0.182. The zero-order valence-electron chi connectivity index (χ0n) is 15.5. The average molecular weight is 354 g/mol. The van der Waals surface area contributed by atoms with Crippen LogP contribution in [0.1, 0.15) is 51.8 Å². The van der Waals surface area contributed by atoms with Crippen LogP contribution in [0.15, 0.2) is 29.0 Å². The maximum Gasteiger partial charge on any atom is 0.258 e. The Morgan fingerprint density at radius 3 is 2.81 bits per heavy atom. The van der Waals surface area contributed by atoms with E-state index in [-0.39, 0.29) is 17.2 Å². The number of hydrogen-bond donors (Lipinski definition) is 0. The van der Waals surface area contributed by atoms with Crippen LogP contribution < -0.4 is 0 Å². The molecule has 0 N–H and O–H groups in total. The van der Waals surface area contributed by atoms with Crippen molar-refractivity contribution in [2.75, 3.05) is 13.1 Å². The predicted molar refractivity (Wildman–Crippen MR) is 97.2 cm³/mol. The van der Waals surface area contributed by atoms with Crippen LogP contribution in [0.2, 0.25) is 0 Å². The topological polar surface area (TPSA) is 72.1 Å². The monoisotopic (exact) mass is 354 g/mol. The Kier molecular flexibility index (Phi) is 4.51. The van der Waals surface area contributed by atoms with Crippen LogP contribution in [0.3, 0.4) is 0 Å². The first kappa shape index (κ1) is 17.2. The lowest BCUT2D eigenvalue weighted by Crippen LogP contribution is -2.50. The van der Waals surface area contributed by atoms with Crippen molar-refractivity contribution in [2.45, 2.75) is 51.4 Å². The summed E-state index contributed by atoms with van der Waals surface area (Å²) in [7, 11) is 0. The highest BCUT2D eigenvalue weighted by Gasteiger charge is 2.46. The normalized spacial score (nSPS) is 23.4. The van der Waals surface area contributed by atoms with Gasteiger partial charge in [0.15, 0.2) is 5.82 Å². The van der Waals surface area contributed by atoms with Crippen LogP contribution in [-0.4, -0.2) is 39.0 Å². The number of rotatable bonds is 5. The van der Waals surface area contributed by atoms with E-state index in [1.807, 2.05) is 30.9 Å². The molecule has 2 aromatic heterocycles. The lowest BCUT2D eigenvalue weighted by atomic mass is 9.74. The Bertz CT molecular complexity index is 769. The van der Waals surface area contributed by atoms with Gasteiger partial charge in [-0.25, -0.2) is 0 Å². The zero-order chi connectivity index (χ0) is 18.1. The summed E-state index contributed by atoms with van der Waals surface area (Å²) in [5.74, 6) is 2.27. The Morgan fingerprint density at radius 1 is 1.35 bits per heavy atom. The van der Waals surface area contributed by atoms with Gasteiger partial charge >= 0.3 is 0 Å². The molecule has 2 aromatic rings. The summed E-state index contributed by atoms with van der Waals surface area (Å²) in [5.41, 5.74) is 0.699. The maximum absolute atomic E-state index is 12.6. The summed E-state index contributed by atoms with van der Waals surface area (Å²) >= 11 is 0. The van der Waals surface area contributed by atoms with Gasteiger partial charge in [0.2, 0.25) is 5.91 Å². The van der Waals surface area contributed by atoms with Gasteiger partial charge in [-0.1, -0.05) is 31.8 Å². The molecule has 2 fully saturated rings. The molecule has 1 saturated heterocycles. The van der Waals surface area contributed by atoms with Crippen LogP contribution in [0.4, 0.5) is 0 Å². The number of aromatic nitrogens is 3. The average Bonchev–Trinajstić information content (AvgIpc) is 3.32. The number of nitrogens with zero attached hydrogens (tertiary/aromatic N) is 4. The third-order valence-corrected chi connectivity index (χ3v) is 5.59. The molecule has 138 valence electrons. The summed E-state index contributed by atoms with van der Waals surface area (Å²) in [6.07, 6.45) is 9.05. The first-order chi connectivity index (χ1) is 12.6. The van der Waals surface area contributed by atoms with Crippen LogP contribution in [-0.2, 0) is 10.2 Å². The molecule has 0 aromatic carbocycles. The highest BCUT2D eigenvalue weighted by atomic mass is 16.5. The molecule has 1 unspecified atom stereocenters. The molecule has 1 saturated carbocycles. The van der Waals surface area contributed by atoms with E-state index in [2.05, 4.69) is 10.1 Å². The van der Waals surface area contributed by atoms with Crippen molar-refractivity contribution in [3.05, 3.63) is 30.4 Å². The van der Waals surface area contributed by atoms with Crippen molar-refractivity contribution in [1.82, 2.24) is 20.0 Å². The van der Waals surface area contributed by atoms with E-state index in [9.17, 15) is 4.79 Å². The minimum Gasteiger partial charge on any atom is -0.341 e. The third kappa shape index (κ3) is 3.37. The summed E-state index contributed by atoms with van der Waals surface area (Å²) in [6, 6.07) is 3.75. The van der Waals surface area contributed by atoms with Crippen molar-refractivity contribution in [2.24, 2.45) is 11.8 Å². The first-order valence-corrected chi connectivity index (χ1v) is 9.61. The molecule has 26 heavy (non-hydrogen) atoms. The molecular formula is C20H26N4O2. The molecule has 1 aliphatic carbocycles. The fourth-order valence-electron chi connectivity index (χ4n) is 4.05. The molecule has 0 radical (unpaired) electrons. The van der Waals surface area contributed by atoms with Gasteiger partial charge in [0.1, 0.15) is 0 Å². The number of hydrogen-bond acceptors (Lipinski definition) is 5. The second kappa shape index (κ2) is 6.82. The lowest BCUT2D eigenvalue weighted by Gasteiger charge is -2.41. The van der Waals surface area contributed by atoms with Gasteiger partial charge < -0.3 is 9.42 Å². The van der Waals surface area contributed by atoms with Gasteiger partial charge in [-0.05, 0) is 37.3 Å². The second-order valence-electron chi connectivity index (χ2n) is 8.10. The van der Waals surface area contributed by atoms with E-state index in [0.29, 0.717) is 12.4 Å². The molecule has 3 heterocycles. The molecule has 6 nitrogen and oxygen atoms in total. The fourth-order valence-corrected chi connectivity index (χ4v) is 4.05. The Balaban J connectivity index is 1.64. The van der Waals surface area contributed by atoms with Gasteiger partial charge in [-0.3, -0.25) is 9.78 Å². The van der Waals surface area contributed by atoms with Crippen molar-refractivity contribution in [3.8, 4) is 11.5 Å². The van der Waals surface area contributed by atoms with E-state index < -0.39 is 0 Å². The van der Waals surface area contributed by atoms with Crippen LogP contribution in [0, 0.1) is 11.8 Å². The summed E-state index contributed by atoms with van der Waals surface area (Å²) < 4.78 is 5.58. The quantitative estimate of drug-likeness (QED) is 0.822. The largest absolute Gasteiger partial charge is 0.341 e. The van der Waals surface area contributed by atoms with Crippen molar-refractivity contribution in [1.29, 1.82) is 0 Å². The number of carbonyl (C=O) groups excluding carboxylic acids is 1. The molecule has 4 rings (SSSR count). The number of piperidine rings is 1. The number of pyridine rings is 1. The molecule has 1 amide bonds. The van der Waals surface area contributed by atoms with E-state index in [4.69, 9.17) is 9.51 Å². The van der Waals surface area contributed by atoms with Crippen molar-refractivity contribution < 1.29 is 9.32 Å². The molecule has 1 atom stereocenters. The van der Waals surface area contributed by atoms with E-state index in [1.165, 1.54) is 12.8 Å². The molecule has 6 heteroatoms. The van der Waals surface area contributed by atoms with Crippen LogP contribution in [0.5, 0.6) is 0 Å². The van der Waals surface area contributed by atoms with Gasteiger partial charge in [0.25, 0.3) is 5.89 Å². The smallest absolute Gasteiger partial charge is 0.258 e. The predicted octanol–water partition coefficient (Wildman–Crippen LogP) is 3.45. The number of carbonyl (C=O) groups is 1. The number of likely N-dealkylation sites (tertiary alicyclic amines) is 1. The summed E-state index contributed by atoms with van der Waals surface area (Å²) in [4.78, 5) is 23.4. The number of amides is 1. The maximum atomic E-state index is 12.6. The lowest BCUT2D eigenvalue weighted by molar-refractivity contribution is -0.137. The van der Waals surface area contributed by atoms with E-state index in [0.717, 1.165) is 43.1 Å². The summed E-state index contributed by atoms with van der Waals surface area (Å²) in [5, 5.41) is 4.36. The fraction of sp³-hybridized carbons (Fsp3) is 0.600. The van der Waals surface area contributed by atoms with Gasteiger partial charge in [0.05, 0.1) is 5.41 Å². The SMILES string of the molecule is CC(C)C(=O)N1CCCC(CC2CC2)(c2noc(-c3ccncc3)n2)C1. The summed E-state index contributed by atoms with van der Waals surface area (Å²) in [6.45, 7) is 5.47. The van der Waals surface area contributed by atoms with Crippen molar-refractivity contribution >= 4 is 5.91 Å². The van der Waals surface area contributed by atoms with E-state index >= 15 is 0 Å². The Morgan fingerprint density at radius 2 is 2.12 bits per heavy atom. The standard InChI is InChI=1S/C20H26N4O2/c1-14(2)18(25)24-11-3-8-20(13-24,12-15-4-5-15)19-22-17(26-23-19)16-6-9-21-10-7-16/h6-7,9-10,14-15H,3-5,8,11-13H2,1-2H3. The van der Waals surface area contributed by atoms with Crippen LogP contribution in [0.25, 0.3) is 11.5 Å². The van der Waals surface area contributed by atoms with Gasteiger partial charge in [-0.15, -0.1) is 0 Å². The highest BCUT2D eigenvalue weighted by molar-refractivity contribution is 5.78. The van der Waals surface area contributed by atoms with Gasteiger partial charge in [-0.2, -0.15) is 4.98 Å². The molecular weight excluding hydrogens is 328 g/mol. The molecule has 1 aliphatic heterocycles. The van der Waals surface area contributed by atoms with E-state index in [1.54, 1.807) is 12.4 Å². The Labute approximate surface area is 154 Å². The molecule has 0 bridgehead atoms. The Hall–Kier alpha value is -2.24. The van der Waals surface area contributed by atoms with Crippen LogP contribution >= 0.6 is 0 Å². The zero-order valence-corrected chi connectivity index (χ0v) is 15.5.